The number of hydrogen-bond acceptors (Lipinski definition) is 7. The van der Waals surface area contributed by atoms with Crippen LogP contribution in [0.2, 0.25) is 18.1 Å². The molecular formula is C36H54F3N5O5Si. The summed E-state index contributed by atoms with van der Waals surface area (Å²) >= 11 is 0. The van der Waals surface area contributed by atoms with Crippen LogP contribution in [-0.2, 0) is 18.8 Å². The van der Waals surface area contributed by atoms with Crippen molar-refractivity contribution in [3.05, 3.63) is 24.4 Å². The molecule has 14 heteroatoms. The fourth-order valence-corrected chi connectivity index (χ4v) is 11.2. The van der Waals surface area contributed by atoms with Gasteiger partial charge in [0, 0.05) is 38.5 Å². The van der Waals surface area contributed by atoms with Crippen molar-refractivity contribution < 1.29 is 36.7 Å². The first-order chi connectivity index (χ1) is 23.4. The third-order valence-electron chi connectivity index (χ3n) is 11.2. The number of anilines is 1. The Labute approximate surface area is 294 Å². The number of nitrogens with zero attached hydrogens (tertiary/aromatic N) is 4. The van der Waals surface area contributed by atoms with Crippen molar-refractivity contribution in [3.63, 3.8) is 0 Å². The number of alkyl halides is 3. The molecule has 4 heterocycles. The fourth-order valence-electron chi connectivity index (χ4n) is 7.99. The third kappa shape index (κ3) is 7.91. The average molecular weight is 722 g/mol. The van der Waals surface area contributed by atoms with Gasteiger partial charge in [0.25, 0.3) is 0 Å². The number of amides is 2. The second-order valence-corrected chi connectivity index (χ2v) is 20.4. The van der Waals surface area contributed by atoms with Crippen molar-refractivity contribution in [1.82, 2.24) is 19.4 Å². The number of halogens is 3. The molecule has 2 saturated heterocycles. The van der Waals surface area contributed by atoms with Crippen molar-refractivity contribution >= 4 is 43.1 Å². The first-order valence-electron chi connectivity index (χ1n) is 18.2. The van der Waals surface area contributed by atoms with Crippen molar-refractivity contribution in [3.8, 4) is 0 Å². The minimum atomic E-state index is -2.89. The second kappa shape index (κ2) is 14.2. The molecule has 10 nitrogen and oxygen atoms in total. The summed E-state index contributed by atoms with van der Waals surface area (Å²) in [7, 11) is -1.92. The standard InChI is InChI=1S/C36H54F3N5O5Si/c1-8-50(9-2,10-3)49-34(7)18-21-42(22-19-34)35(14-16-36(38,39)17-15-35)31(46)44-24-25(37)23-28(44)30(45)41-29-12-11-27-26(40-29)13-20-43(27)32(47)48-33(4,5)6/h11-13,20,25,28H,8-10,14-19,21-24H2,1-7H3,(H,40,41,45)/t25-,28-/m1/s1. The SMILES string of the molecule is CC[Si](CC)(CC)OC1(C)CCN(C2(C(=O)N3C[C@H](F)C[C@@H]3C(=O)Nc3ccc4c(ccn4C(=O)OC(C)(C)C)n3)CCC(F)(F)CC2)CC1. The molecule has 278 valence electrons. The van der Waals surface area contributed by atoms with Gasteiger partial charge in [-0.1, -0.05) is 20.8 Å². The Morgan fingerprint density at radius 1 is 0.980 bits per heavy atom. The van der Waals surface area contributed by atoms with Crippen LogP contribution in [0.25, 0.3) is 11.0 Å². The lowest BCUT2D eigenvalue weighted by Gasteiger charge is -2.53. The number of pyridine rings is 1. The summed E-state index contributed by atoms with van der Waals surface area (Å²) in [6.07, 6.45) is -0.397. The molecule has 3 fully saturated rings. The lowest BCUT2D eigenvalue weighted by molar-refractivity contribution is -0.161. The van der Waals surface area contributed by atoms with Crippen molar-refractivity contribution in [2.45, 2.75) is 146 Å². The molecule has 2 aromatic heterocycles. The molecule has 2 aliphatic heterocycles. The molecule has 5 rings (SSSR count). The highest BCUT2D eigenvalue weighted by molar-refractivity contribution is 6.73. The van der Waals surface area contributed by atoms with Crippen molar-refractivity contribution in [2.24, 2.45) is 0 Å². The lowest BCUT2D eigenvalue weighted by atomic mass is 9.75. The number of piperidine rings is 1. The van der Waals surface area contributed by atoms with Crippen LogP contribution < -0.4 is 5.32 Å². The molecule has 3 aliphatic rings. The zero-order valence-electron chi connectivity index (χ0n) is 30.6. The van der Waals surface area contributed by atoms with Gasteiger partial charge in [0.05, 0.1) is 23.2 Å². The van der Waals surface area contributed by atoms with E-state index in [0.717, 1.165) is 18.1 Å². The van der Waals surface area contributed by atoms with Crippen LogP contribution in [0.5, 0.6) is 0 Å². The van der Waals surface area contributed by atoms with Crippen molar-refractivity contribution in [2.75, 3.05) is 25.0 Å². The van der Waals surface area contributed by atoms with Crippen LogP contribution in [0.15, 0.2) is 24.4 Å². The molecule has 1 saturated carbocycles. The molecule has 0 radical (unpaired) electrons. The number of fused-ring (bicyclic) bond motifs is 1. The van der Waals surface area contributed by atoms with E-state index >= 15 is 4.39 Å². The Morgan fingerprint density at radius 3 is 2.18 bits per heavy atom. The molecule has 1 aliphatic carbocycles. The highest BCUT2D eigenvalue weighted by atomic mass is 28.4. The van der Waals surface area contributed by atoms with Gasteiger partial charge in [-0.15, -0.1) is 0 Å². The predicted octanol–water partition coefficient (Wildman–Crippen LogP) is 7.52. The van der Waals surface area contributed by atoms with E-state index in [2.05, 4.69) is 38.0 Å². The van der Waals surface area contributed by atoms with Gasteiger partial charge >= 0.3 is 6.09 Å². The summed E-state index contributed by atoms with van der Waals surface area (Å²) in [6.45, 7) is 14.7. The van der Waals surface area contributed by atoms with Crippen LogP contribution in [0.3, 0.4) is 0 Å². The van der Waals surface area contributed by atoms with E-state index in [9.17, 15) is 23.2 Å². The Kier molecular flexibility index (Phi) is 10.9. The summed E-state index contributed by atoms with van der Waals surface area (Å²) in [4.78, 5) is 48.8. The first kappa shape index (κ1) is 38.3. The van der Waals surface area contributed by atoms with E-state index in [4.69, 9.17) is 9.16 Å². The number of rotatable bonds is 9. The minimum Gasteiger partial charge on any atom is -0.443 e. The van der Waals surface area contributed by atoms with Gasteiger partial charge in [-0.2, -0.15) is 0 Å². The number of hydrogen-bond donors (Lipinski definition) is 1. The van der Waals surface area contributed by atoms with Gasteiger partial charge in [0.15, 0.2) is 8.32 Å². The monoisotopic (exact) mass is 721 g/mol. The molecule has 2 atom stereocenters. The molecule has 2 aromatic rings. The summed E-state index contributed by atoms with van der Waals surface area (Å²) < 4.78 is 58.0. The maximum Gasteiger partial charge on any atom is 0.419 e. The lowest BCUT2D eigenvalue weighted by Crippen LogP contribution is -2.66. The normalized spacial score (nSPS) is 23.9. The summed E-state index contributed by atoms with van der Waals surface area (Å²) in [5.74, 6) is -3.78. The molecule has 0 unspecified atom stereocenters. The van der Waals surface area contributed by atoms with Crippen LogP contribution in [0.4, 0.5) is 23.8 Å². The number of aromatic nitrogens is 2. The van der Waals surface area contributed by atoms with E-state index in [1.54, 1.807) is 32.9 Å². The second-order valence-electron chi connectivity index (χ2n) is 15.7. The Morgan fingerprint density at radius 2 is 1.60 bits per heavy atom. The molecular weight excluding hydrogens is 668 g/mol. The summed E-state index contributed by atoms with van der Waals surface area (Å²) in [6, 6.07) is 6.68. The zero-order valence-corrected chi connectivity index (χ0v) is 31.6. The summed E-state index contributed by atoms with van der Waals surface area (Å²) in [5.41, 5.74) is -1.42. The van der Waals surface area contributed by atoms with E-state index in [1.165, 1.54) is 21.7 Å². The van der Waals surface area contributed by atoms with Gasteiger partial charge in [0.1, 0.15) is 29.2 Å². The first-order valence-corrected chi connectivity index (χ1v) is 20.7. The maximum absolute atomic E-state index is 15.1. The summed E-state index contributed by atoms with van der Waals surface area (Å²) in [5, 5.41) is 2.73. The van der Waals surface area contributed by atoms with Crippen LogP contribution in [0.1, 0.15) is 93.4 Å². The fraction of sp³-hybridized carbons (Fsp3) is 0.722. The van der Waals surface area contributed by atoms with Gasteiger partial charge in [0.2, 0.25) is 17.7 Å². The van der Waals surface area contributed by atoms with E-state index in [0.29, 0.717) is 37.0 Å². The minimum absolute atomic E-state index is 0.0668. The Balaban J connectivity index is 1.34. The van der Waals surface area contributed by atoms with Crippen molar-refractivity contribution in [1.29, 1.82) is 0 Å². The number of ether oxygens (including phenoxy) is 1. The van der Waals surface area contributed by atoms with E-state index in [1.807, 2.05) is 4.90 Å². The molecule has 50 heavy (non-hydrogen) atoms. The van der Waals surface area contributed by atoms with Crippen LogP contribution in [-0.4, -0.2) is 100 Å². The van der Waals surface area contributed by atoms with Crippen LogP contribution in [0, 0.1) is 0 Å². The maximum atomic E-state index is 15.1. The molecule has 0 spiro atoms. The van der Waals surface area contributed by atoms with E-state index in [-0.39, 0.29) is 37.2 Å². The molecule has 0 bridgehead atoms. The number of carbonyl (C=O) groups is 3. The van der Waals surface area contributed by atoms with Gasteiger partial charge in [-0.3, -0.25) is 19.1 Å². The topological polar surface area (TPSA) is 106 Å². The van der Waals surface area contributed by atoms with Gasteiger partial charge in [-0.25, -0.2) is 22.9 Å². The molecule has 2 amide bonds. The Bertz CT molecular complexity index is 1550. The van der Waals surface area contributed by atoms with E-state index < -0.39 is 68.3 Å². The number of likely N-dealkylation sites (tertiary alicyclic amines) is 2. The smallest absolute Gasteiger partial charge is 0.419 e. The third-order valence-corrected chi connectivity index (χ3v) is 16.0. The predicted molar refractivity (Wildman–Crippen MR) is 189 cm³/mol. The molecule has 0 aromatic carbocycles. The highest BCUT2D eigenvalue weighted by Gasteiger charge is 2.56. The average Bonchev–Trinajstić information content (AvgIpc) is 3.67. The molecule has 1 N–H and O–H groups in total. The van der Waals surface area contributed by atoms with Gasteiger partial charge < -0.3 is 19.4 Å². The van der Waals surface area contributed by atoms with Gasteiger partial charge in [-0.05, 0) is 89.7 Å². The quantitative estimate of drug-likeness (QED) is 0.267. The van der Waals surface area contributed by atoms with Crippen LogP contribution >= 0.6 is 0 Å². The zero-order chi connectivity index (χ0) is 36.7. The number of nitrogens with one attached hydrogen (secondary N) is 1. The Hall–Kier alpha value is -2.97. The largest absolute Gasteiger partial charge is 0.443 e. The number of carbonyl (C=O) groups excluding carboxylic acids is 3. The highest BCUT2D eigenvalue weighted by Crippen LogP contribution is 2.46.